The van der Waals surface area contributed by atoms with Crippen molar-refractivity contribution in [3.63, 3.8) is 0 Å². The van der Waals surface area contributed by atoms with Crippen LogP contribution in [0, 0.1) is 5.82 Å². The molecule has 8 heteroatoms. The molecule has 1 aliphatic rings. The maximum absolute atomic E-state index is 12.9. The third-order valence-corrected chi connectivity index (χ3v) is 4.54. The van der Waals surface area contributed by atoms with Crippen LogP contribution in [0.3, 0.4) is 0 Å². The van der Waals surface area contributed by atoms with E-state index in [0.717, 1.165) is 5.56 Å². The van der Waals surface area contributed by atoms with Crippen molar-refractivity contribution in [2.75, 3.05) is 26.2 Å². The molecule has 2 N–H and O–H groups in total. The van der Waals surface area contributed by atoms with Crippen molar-refractivity contribution in [2.45, 2.75) is 6.54 Å². The predicted molar refractivity (Wildman–Crippen MR) is 71.4 cm³/mol. The van der Waals surface area contributed by atoms with Gasteiger partial charge in [-0.05, 0) is 17.7 Å². The lowest BCUT2D eigenvalue weighted by Gasteiger charge is -2.33. The average Bonchev–Trinajstić information content (AvgIpc) is 2.32. The second kappa shape index (κ2) is 5.72. The average molecular weight is 308 g/mol. The molecule has 1 aromatic carbocycles. The van der Waals surface area contributed by atoms with E-state index in [1.54, 1.807) is 6.07 Å². The van der Waals surface area contributed by atoms with Gasteiger partial charge in [-0.25, -0.2) is 9.53 Å². The molecule has 0 aromatic heterocycles. The zero-order chi connectivity index (χ0) is 14.0. The second-order valence-electron chi connectivity index (χ2n) is 4.46. The lowest BCUT2D eigenvalue weighted by Crippen LogP contribution is -2.50. The molecule has 1 fully saturated rings. The van der Waals surface area contributed by atoms with E-state index < -0.39 is 10.2 Å². The molecule has 2 rings (SSSR count). The van der Waals surface area contributed by atoms with Crippen LogP contribution < -0.4 is 5.14 Å². The molecular weight excluding hydrogens is 293 g/mol. The van der Waals surface area contributed by atoms with Crippen molar-refractivity contribution < 1.29 is 12.8 Å². The lowest BCUT2D eigenvalue weighted by atomic mass is 10.2. The minimum atomic E-state index is -3.60. The summed E-state index contributed by atoms with van der Waals surface area (Å²) in [5.41, 5.74) is 0.826. The fraction of sp³-hybridized carbons (Fsp3) is 0.455. The zero-order valence-corrected chi connectivity index (χ0v) is 11.8. The molecule has 0 saturated carbocycles. The van der Waals surface area contributed by atoms with E-state index in [1.165, 1.54) is 16.4 Å². The van der Waals surface area contributed by atoms with Crippen LogP contribution in [0.4, 0.5) is 4.39 Å². The molecule has 5 nitrogen and oxygen atoms in total. The highest BCUT2D eigenvalue weighted by Crippen LogP contribution is 2.19. The maximum atomic E-state index is 12.9. The minimum Gasteiger partial charge on any atom is -0.296 e. The number of nitrogens with zero attached hydrogens (tertiary/aromatic N) is 2. The van der Waals surface area contributed by atoms with Crippen molar-refractivity contribution in [2.24, 2.45) is 5.14 Å². The number of halogens is 2. The first-order valence-electron chi connectivity index (χ1n) is 5.80. The molecule has 106 valence electrons. The van der Waals surface area contributed by atoms with E-state index in [4.69, 9.17) is 16.7 Å². The fourth-order valence-corrected chi connectivity index (χ4v) is 2.93. The summed E-state index contributed by atoms with van der Waals surface area (Å²) in [5, 5.41) is 5.45. The fourth-order valence-electron chi connectivity index (χ4n) is 2.03. The second-order valence-corrected chi connectivity index (χ2v) is 6.41. The first kappa shape index (κ1) is 14.7. The summed E-state index contributed by atoms with van der Waals surface area (Å²) in [5.74, 6) is -0.368. The molecule has 1 aliphatic heterocycles. The first-order chi connectivity index (χ1) is 8.86. The van der Waals surface area contributed by atoms with Gasteiger partial charge in [-0.3, -0.25) is 4.90 Å². The number of benzene rings is 1. The van der Waals surface area contributed by atoms with Crippen LogP contribution in [0.2, 0.25) is 5.02 Å². The Labute approximate surface area is 116 Å². The Bertz CT molecular complexity index is 559. The largest absolute Gasteiger partial charge is 0.296 e. The molecule has 0 radical (unpaired) electrons. The Balaban J connectivity index is 1.96. The highest BCUT2D eigenvalue weighted by atomic mass is 35.5. The summed E-state index contributed by atoms with van der Waals surface area (Å²) in [4.78, 5) is 2.06. The first-order valence-corrected chi connectivity index (χ1v) is 7.68. The molecule has 0 amide bonds. The Morgan fingerprint density at radius 2 is 1.89 bits per heavy atom. The topological polar surface area (TPSA) is 66.6 Å². The molecule has 1 heterocycles. The molecule has 1 aromatic rings. The quantitative estimate of drug-likeness (QED) is 0.898. The van der Waals surface area contributed by atoms with E-state index in [9.17, 15) is 12.8 Å². The molecular formula is C11H15ClFN3O2S. The molecule has 0 atom stereocenters. The van der Waals surface area contributed by atoms with Gasteiger partial charge in [-0.2, -0.15) is 12.7 Å². The van der Waals surface area contributed by atoms with Crippen LogP contribution in [-0.4, -0.2) is 43.8 Å². The number of hydrogen-bond donors (Lipinski definition) is 1. The Hall–Kier alpha value is -0.730. The third kappa shape index (κ3) is 3.87. The summed E-state index contributed by atoms with van der Waals surface area (Å²) in [6.45, 7) is 2.43. The van der Waals surface area contributed by atoms with Gasteiger partial charge < -0.3 is 0 Å². The highest BCUT2D eigenvalue weighted by molar-refractivity contribution is 7.86. The van der Waals surface area contributed by atoms with Crippen molar-refractivity contribution in [3.8, 4) is 0 Å². The van der Waals surface area contributed by atoms with Crippen molar-refractivity contribution >= 4 is 21.8 Å². The monoisotopic (exact) mass is 307 g/mol. The van der Waals surface area contributed by atoms with Gasteiger partial charge in [0.1, 0.15) is 5.82 Å². The van der Waals surface area contributed by atoms with Crippen LogP contribution in [0.15, 0.2) is 18.2 Å². The van der Waals surface area contributed by atoms with E-state index in [0.29, 0.717) is 37.7 Å². The summed E-state index contributed by atoms with van der Waals surface area (Å²) >= 11 is 5.96. The molecule has 19 heavy (non-hydrogen) atoms. The molecule has 0 spiro atoms. The third-order valence-electron chi connectivity index (χ3n) is 3.10. The van der Waals surface area contributed by atoms with Gasteiger partial charge in [0.25, 0.3) is 10.2 Å². The van der Waals surface area contributed by atoms with E-state index >= 15 is 0 Å². The lowest BCUT2D eigenvalue weighted by molar-refractivity contribution is 0.181. The van der Waals surface area contributed by atoms with E-state index in [2.05, 4.69) is 4.90 Å². The van der Waals surface area contributed by atoms with Crippen LogP contribution >= 0.6 is 11.6 Å². The number of piperazine rings is 1. The highest BCUT2D eigenvalue weighted by Gasteiger charge is 2.24. The van der Waals surface area contributed by atoms with E-state index in [1.807, 2.05) is 0 Å². The SMILES string of the molecule is NS(=O)(=O)N1CCN(Cc2ccc(F)cc2Cl)CC1. The standard InChI is InChI=1S/C11H15ClFN3O2S/c12-11-7-10(13)2-1-9(11)8-15-3-5-16(6-4-15)19(14,17)18/h1-2,7H,3-6,8H2,(H2,14,17,18). The molecule has 0 bridgehead atoms. The number of hydrogen-bond acceptors (Lipinski definition) is 3. The van der Waals surface area contributed by atoms with Crippen molar-refractivity contribution in [1.29, 1.82) is 0 Å². The van der Waals surface area contributed by atoms with Gasteiger partial charge in [0.05, 0.1) is 0 Å². The van der Waals surface area contributed by atoms with Crippen LogP contribution in [0.5, 0.6) is 0 Å². The summed E-state index contributed by atoms with van der Waals surface area (Å²) in [6.07, 6.45) is 0. The van der Waals surface area contributed by atoms with Gasteiger partial charge in [-0.15, -0.1) is 0 Å². The smallest absolute Gasteiger partial charge is 0.276 e. The zero-order valence-electron chi connectivity index (χ0n) is 10.2. The summed E-state index contributed by atoms with van der Waals surface area (Å²) in [6, 6.07) is 4.28. The maximum Gasteiger partial charge on any atom is 0.276 e. The van der Waals surface area contributed by atoms with Crippen LogP contribution in [-0.2, 0) is 16.8 Å². The summed E-state index contributed by atoms with van der Waals surface area (Å²) < 4.78 is 36.5. The molecule has 1 saturated heterocycles. The van der Waals surface area contributed by atoms with Gasteiger partial charge in [0.2, 0.25) is 0 Å². The Morgan fingerprint density at radius 1 is 1.26 bits per heavy atom. The number of rotatable bonds is 3. The van der Waals surface area contributed by atoms with Gasteiger partial charge in [-0.1, -0.05) is 17.7 Å². The summed E-state index contributed by atoms with van der Waals surface area (Å²) in [7, 11) is -3.60. The molecule has 0 unspecified atom stereocenters. The van der Waals surface area contributed by atoms with E-state index in [-0.39, 0.29) is 5.82 Å². The Morgan fingerprint density at radius 3 is 2.42 bits per heavy atom. The van der Waals surface area contributed by atoms with Gasteiger partial charge >= 0.3 is 0 Å². The molecule has 0 aliphatic carbocycles. The van der Waals surface area contributed by atoms with Crippen molar-refractivity contribution in [1.82, 2.24) is 9.21 Å². The normalized spacial score (nSPS) is 18.7. The Kier molecular flexibility index (Phi) is 4.42. The number of nitrogens with two attached hydrogens (primary N) is 1. The van der Waals surface area contributed by atoms with Gasteiger partial charge in [0.15, 0.2) is 0 Å². The predicted octanol–water partition coefficient (Wildman–Crippen LogP) is 0.800. The van der Waals surface area contributed by atoms with Crippen LogP contribution in [0.25, 0.3) is 0 Å². The van der Waals surface area contributed by atoms with Crippen molar-refractivity contribution in [3.05, 3.63) is 34.6 Å². The van der Waals surface area contributed by atoms with Gasteiger partial charge in [0, 0.05) is 37.7 Å². The minimum absolute atomic E-state index is 0.359. The van der Waals surface area contributed by atoms with Crippen LogP contribution in [0.1, 0.15) is 5.56 Å².